The molecule has 0 radical (unpaired) electrons. The molecular weight excluding hydrogens is 406 g/mol. The molecule has 4 aromatic rings. The molecule has 1 amide bonds. The van der Waals surface area contributed by atoms with E-state index in [1.807, 2.05) is 42.5 Å². The van der Waals surface area contributed by atoms with E-state index >= 15 is 0 Å². The van der Waals surface area contributed by atoms with Crippen LogP contribution in [0.25, 0.3) is 28.2 Å². The number of hydrogen-bond donors (Lipinski definition) is 1. The summed E-state index contributed by atoms with van der Waals surface area (Å²) in [5.74, 6) is 0.887. The first-order valence-electron chi connectivity index (χ1n) is 9.92. The zero-order valence-electron chi connectivity index (χ0n) is 17.6. The lowest BCUT2D eigenvalue weighted by Gasteiger charge is -2.11. The summed E-state index contributed by atoms with van der Waals surface area (Å²) in [6.45, 7) is 0. The van der Waals surface area contributed by atoms with Crippen LogP contribution in [0.4, 0.5) is 5.69 Å². The molecule has 32 heavy (non-hydrogen) atoms. The number of para-hydroxylation sites is 1. The molecule has 0 saturated heterocycles. The van der Waals surface area contributed by atoms with Crippen molar-refractivity contribution in [1.29, 1.82) is 0 Å². The Morgan fingerprint density at radius 3 is 2.47 bits per heavy atom. The maximum Gasteiger partial charge on any atom is 0.344 e. The molecule has 1 N–H and O–H groups in total. The molecule has 3 aromatic carbocycles. The summed E-state index contributed by atoms with van der Waals surface area (Å²) in [5, 5.41) is 3.62. The van der Waals surface area contributed by atoms with E-state index in [0.29, 0.717) is 28.1 Å². The molecule has 0 aliphatic carbocycles. The van der Waals surface area contributed by atoms with Crippen molar-refractivity contribution in [2.75, 3.05) is 19.5 Å². The number of ether oxygens (including phenoxy) is 2. The SMILES string of the molecule is COc1ccc(/C=C/C(=O)Nc2cc(-c3cc4ccccc4oc3=O)ccc2OC)cc1. The van der Waals surface area contributed by atoms with Gasteiger partial charge in [0.05, 0.1) is 25.5 Å². The third kappa shape index (κ3) is 4.54. The second-order valence-corrected chi connectivity index (χ2v) is 7.00. The van der Waals surface area contributed by atoms with Gasteiger partial charge in [0.25, 0.3) is 0 Å². The van der Waals surface area contributed by atoms with E-state index in [9.17, 15) is 9.59 Å². The highest BCUT2D eigenvalue weighted by molar-refractivity contribution is 6.03. The lowest BCUT2D eigenvalue weighted by molar-refractivity contribution is -0.111. The van der Waals surface area contributed by atoms with Crippen molar-refractivity contribution in [2.24, 2.45) is 0 Å². The van der Waals surface area contributed by atoms with Gasteiger partial charge in [-0.25, -0.2) is 4.79 Å². The summed E-state index contributed by atoms with van der Waals surface area (Å²) in [7, 11) is 3.11. The summed E-state index contributed by atoms with van der Waals surface area (Å²) in [5.41, 5.74) is 2.38. The largest absolute Gasteiger partial charge is 0.497 e. The molecular formula is C26H21NO5. The predicted octanol–water partition coefficient (Wildman–Crippen LogP) is 5.13. The molecule has 4 rings (SSSR count). The van der Waals surface area contributed by atoms with Crippen LogP contribution in [0, 0.1) is 0 Å². The molecule has 160 valence electrons. The fraction of sp³-hybridized carbons (Fsp3) is 0.0769. The Hall–Kier alpha value is -4.32. The molecule has 0 saturated carbocycles. The normalized spacial score (nSPS) is 10.9. The molecule has 0 aliphatic heterocycles. The molecule has 0 atom stereocenters. The van der Waals surface area contributed by atoms with Crippen LogP contribution in [-0.2, 0) is 4.79 Å². The first kappa shape index (κ1) is 20.9. The molecule has 1 heterocycles. The zero-order chi connectivity index (χ0) is 22.5. The molecule has 6 heteroatoms. The molecule has 1 aromatic heterocycles. The lowest BCUT2D eigenvalue weighted by atomic mass is 10.0. The number of benzene rings is 3. The van der Waals surface area contributed by atoms with Crippen LogP contribution < -0.4 is 20.4 Å². The van der Waals surface area contributed by atoms with Crippen molar-refractivity contribution in [3.63, 3.8) is 0 Å². The van der Waals surface area contributed by atoms with Gasteiger partial charge in [-0.3, -0.25) is 4.79 Å². The van der Waals surface area contributed by atoms with E-state index in [4.69, 9.17) is 13.9 Å². The Bertz CT molecular complexity index is 1350. The Balaban J connectivity index is 1.61. The van der Waals surface area contributed by atoms with Crippen molar-refractivity contribution in [2.45, 2.75) is 0 Å². The minimum Gasteiger partial charge on any atom is -0.497 e. The fourth-order valence-electron chi connectivity index (χ4n) is 3.30. The van der Waals surface area contributed by atoms with Crippen LogP contribution in [0.3, 0.4) is 0 Å². The highest BCUT2D eigenvalue weighted by Crippen LogP contribution is 2.30. The van der Waals surface area contributed by atoms with Crippen LogP contribution in [0.2, 0.25) is 0 Å². The molecule has 0 fully saturated rings. The number of hydrogen-bond acceptors (Lipinski definition) is 5. The summed E-state index contributed by atoms with van der Waals surface area (Å²) >= 11 is 0. The summed E-state index contributed by atoms with van der Waals surface area (Å²) in [6.07, 6.45) is 3.13. The van der Waals surface area contributed by atoms with E-state index < -0.39 is 5.63 Å². The molecule has 0 unspecified atom stereocenters. The highest BCUT2D eigenvalue weighted by Gasteiger charge is 2.12. The number of methoxy groups -OCH3 is 2. The number of anilines is 1. The monoisotopic (exact) mass is 427 g/mol. The summed E-state index contributed by atoms with van der Waals surface area (Å²) < 4.78 is 15.9. The smallest absolute Gasteiger partial charge is 0.344 e. The average Bonchev–Trinajstić information content (AvgIpc) is 2.82. The van der Waals surface area contributed by atoms with Gasteiger partial charge in [0.1, 0.15) is 17.1 Å². The van der Waals surface area contributed by atoms with Gasteiger partial charge in [0.2, 0.25) is 5.91 Å². The highest BCUT2D eigenvalue weighted by atomic mass is 16.5. The van der Waals surface area contributed by atoms with Gasteiger partial charge in [0, 0.05) is 11.5 Å². The molecule has 6 nitrogen and oxygen atoms in total. The zero-order valence-corrected chi connectivity index (χ0v) is 17.6. The minimum absolute atomic E-state index is 0.332. The Morgan fingerprint density at radius 1 is 0.938 bits per heavy atom. The average molecular weight is 427 g/mol. The van der Waals surface area contributed by atoms with Gasteiger partial charge >= 0.3 is 5.63 Å². The van der Waals surface area contributed by atoms with Crippen molar-refractivity contribution >= 4 is 28.6 Å². The number of amides is 1. The maximum absolute atomic E-state index is 12.5. The number of nitrogens with one attached hydrogen (secondary N) is 1. The topological polar surface area (TPSA) is 77.8 Å². The first-order valence-corrected chi connectivity index (χ1v) is 9.92. The summed E-state index contributed by atoms with van der Waals surface area (Å²) in [4.78, 5) is 25.0. The second-order valence-electron chi connectivity index (χ2n) is 7.00. The van der Waals surface area contributed by atoms with Gasteiger partial charge in [-0.2, -0.15) is 0 Å². The predicted molar refractivity (Wildman–Crippen MR) is 125 cm³/mol. The van der Waals surface area contributed by atoms with Gasteiger partial charge in [0.15, 0.2) is 0 Å². The standard InChI is InChI=1S/C26H21NO5/c1-30-20-11-7-17(8-12-20)9-14-25(28)27-22-16-18(10-13-24(22)31-2)21-15-19-5-3-4-6-23(19)32-26(21)29/h3-16H,1-2H3,(H,27,28)/b14-9+. The van der Waals surface area contributed by atoms with Gasteiger partial charge < -0.3 is 19.2 Å². The maximum atomic E-state index is 12.5. The van der Waals surface area contributed by atoms with E-state index in [2.05, 4.69) is 5.32 Å². The third-order valence-corrected chi connectivity index (χ3v) is 4.95. The quantitative estimate of drug-likeness (QED) is 0.341. The van der Waals surface area contributed by atoms with Gasteiger partial charge in [-0.05, 0) is 53.6 Å². The molecule has 0 aliphatic rings. The van der Waals surface area contributed by atoms with Crippen molar-refractivity contribution in [1.82, 2.24) is 0 Å². The van der Waals surface area contributed by atoms with Crippen molar-refractivity contribution < 1.29 is 18.7 Å². The van der Waals surface area contributed by atoms with Crippen LogP contribution in [0.1, 0.15) is 5.56 Å². The van der Waals surface area contributed by atoms with E-state index in [1.54, 1.807) is 43.5 Å². The number of carbonyl (C=O) groups is 1. The van der Waals surface area contributed by atoms with Gasteiger partial charge in [-0.1, -0.05) is 36.4 Å². The van der Waals surface area contributed by atoms with E-state index in [-0.39, 0.29) is 5.91 Å². The Labute approximate surface area is 184 Å². The molecule has 0 spiro atoms. The third-order valence-electron chi connectivity index (χ3n) is 4.95. The lowest BCUT2D eigenvalue weighted by Crippen LogP contribution is -2.09. The van der Waals surface area contributed by atoms with E-state index in [1.165, 1.54) is 13.2 Å². The number of carbonyl (C=O) groups excluding carboxylic acids is 1. The fourth-order valence-corrected chi connectivity index (χ4v) is 3.30. The van der Waals surface area contributed by atoms with Gasteiger partial charge in [-0.15, -0.1) is 0 Å². The van der Waals surface area contributed by atoms with Crippen LogP contribution >= 0.6 is 0 Å². The summed E-state index contributed by atoms with van der Waals surface area (Å²) in [6, 6.07) is 21.6. The minimum atomic E-state index is -0.453. The van der Waals surface area contributed by atoms with Crippen LogP contribution in [0.5, 0.6) is 11.5 Å². The van der Waals surface area contributed by atoms with E-state index in [0.717, 1.165) is 16.7 Å². The second kappa shape index (κ2) is 9.22. The molecule has 0 bridgehead atoms. The van der Waals surface area contributed by atoms with Crippen molar-refractivity contribution in [3.8, 4) is 22.6 Å². The number of fused-ring (bicyclic) bond motifs is 1. The van der Waals surface area contributed by atoms with Crippen LogP contribution in [0.15, 0.2) is 88.1 Å². The number of rotatable bonds is 6. The van der Waals surface area contributed by atoms with Crippen LogP contribution in [-0.4, -0.2) is 20.1 Å². The Kier molecular flexibility index (Phi) is 6.03. The Morgan fingerprint density at radius 2 is 1.72 bits per heavy atom. The van der Waals surface area contributed by atoms with Crippen molar-refractivity contribution in [3.05, 3.63) is 94.9 Å². The first-order chi connectivity index (χ1) is 15.6.